The van der Waals surface area contributed by atoms with Gasteiger partial charge in [0.1, 0.15) is 30.6 Å². The predicted octanol–water partition coefficient (Wildman–Crippen LogP) is 8.81. The quantitative estimate of drug-likeness (QED) is 0.132. The van der Waals surface area contributed by atoms with Crippen LogP contribution in [0.4, 0.5) is 19.3 Å². The molecule has 258 valence electrons. The molecule has 0 radical (unpaired) electrons. The Labute approximate surface area is 294 Å². The molecule has 0 spiro atoms. The molecule has 1 saturated heterocycles. The third-order valence-corrected chi connectivity index (χ3v) is 8.72. The van der Waals surface area contributed by atoms with E-state index in [0.717, 1.165) is 26.9 Å². The van der Waals surface area contributed by atoms with Crippen molar-refractivity contribution in [3.05, 3.63) is 161 Å². The van der Waals surface area contributed by atoms with Crippen molar-refractivity contribution in [3.8, 4) is 5.75 Å². The smallest absolute Gasteiger partial charge is 0.416 e. The lowest BCUT2D eigenvalue weighted by Crippen LogP contribution is -2.41. The number of aryl methyl sites for hydroxylation is 2. The van der Waals surface area contributed by atoms with Gasteiger partial charge in [0.2, 0.25) is 5.91 Å². The predicted molar refractivity (Wildman–Crippen MR) is 196 cm³/mol. The molecule has 5 aromatic rings. The Hall–Kier alpha value is -5.07. The molecule has 1 heterocycles. The number of hydrogen-bond acceptors (Lipinski definition) is 5. The maximum atomic E-state index is 14.1. The lowest BCUT2D eigenvalue weighted by Gasteiger charge is -2.31. The highest BCUT2D eigenvalue weighted by Gasteiger charge is 2.39. The van der Waals surface area contributed by atoms with Crippen LogP contribution in [0.2, 0.25) is 0 Å². The summed E-state index contributed by atoms with van der Waals surface area (Å²) in [6, 6.07) is 37.3. The summed E-state index contributed by atoms with van der Waals surface area (Å²) >= 11 is 0. The van der Waals surface area contributed by atoms with Crippen molar-refractivity contribution in [2.75, 3.05) is 18.5 Å². The van der Waals surface area contributed by atoms with Crippen LogP contribution in [-0.4, -0.2) is 30.1 Å². The molecular formula is C41H41F2N2O4P. The van der Waals surface area contributed by atoms with Crippen LogP contribution in [0.15, 0.2) is 127 Å². The van der Waals surface area contributed by atoms with Crippen LogP contribution in [0, 0.1) is 24.5 Å². The van der Waals surface area contributed by atoms with Gasteiger partial charge in [0, 0.05) is 11.3 Å². The second-order valence-corrected chi connectivity index (χ2v) is 12.8. The van der Waals surface area contributed by atoms with E-state index in [0.29, 0.717) is 37.3 Å². The number of halogens is 2. The zero-order valence-corrected chi connectivity index (χ0v) is 29.1. The van der Waals surface area contributed by atoms with Crippen LogP contribution in [0.1, 0.15) is 41.1 Å². The first-order valence-electron chi connectivity index (χ1n) is 16.6. The molecule has 3 unspecified atom stereocenters. The molecule has 1 aliphatic heterocycles. The Morgan fingerprint density at radius 1 is 0.860 bits per heavy atom. The van der Waals surface area contributed by atoms with E-state index in [9.17, 15) is 18.4 Å². The van der Waals surface area contributed by atoms with E-state index in [4.69, 9.17) is 9.47 Å². The maximum absolute atomic E-state index is 14.1. The van der Waals surface area contributed by atoms with Crippen LogP contribution < -0.4 is 15.4 Å². The number of cyclic esters (lactones) is 1. The number of benzene rings is 5. The van der Waals surface area contributed by atoms with Crippen molar-refractivity contribution in [2.45, 2.75) is 38.8 Å². The van der Waals surface area contributed by atoms with Crippen LogP contribution in [0.3, 0.4) is 0 Å². The number of carbonyl (C=O) groups excluding carboxylic acids is 2. The third-order valence-electron chi connectivity index (χ3n) is 8.36. The zero-order valence-electron chi connectivity index (χ0n) is 27.9. The van der Waals surface area contributed by atoms with Crippen molar-refractivity contribution < 1.29 is 27.8 Å². The Balaban J connectivity index is 0.000000619. The summed E-state index contributed by atoms with van der Waals surface area (Å²) in [6.07, 6.45) is 0.934. The fourth-order valence-electron chi connectivity index (χ4n) is 5.73. The molecule has 0 bridgehead atoms. The van der Waals surface area contributed by atoms with Gasteiger partial charge in [-0.05, 0) is 85.1 Å². The summed E-state index contributed by atoms with van der Waals surface area (Å²) in [6.45, 7) is 2.69. The van der Waals surface area contributed by atoms with Crippen LogP contribution in [0.5, 0.6) is 5.75 Å². The summed E-state index contributed by atoms with van der Waals surface area (Å²) in [5.41, 5.74) is 4.57. The molecule has 9 heteroatoms. The van der Waals surface area contributed by atoms with E-state index in [1.165, 1.54) is 29.8 Å². The fourth-order valence-corrected chi connectivity index (χ4v) is 5.97. The normalized spacial score (nSPS) is 13.4. The van der Waals surface area contributed by atoms with Gasteiger partial charge in [0.25, 0.3) is 0 Å². The first-order chi connectivity index (χ1) is 24.3. The van der Waals surface area contributed by atoms with Gasteiger partial charge in [-0.25, -0.2) is 18.5 Å². The van der Waals surface area contributed by atoms with Gasteiger partial charge in [-0.3, -0.25) is 4.79 Å². The number of hydrogen-bond donors (Lipinski definition) is 1. The molecule has 6 rings (SSSR count). The van der Waals surface area contributed by atoms with Crippen molar-refractivity contribution >= 4 is 32.2 Å². The van der Waals surface area contributed by atoms with Crippen molar-refractivity contribution in [1.82, 2.24) is 4.90 Å². The van der Waals surface area contributed by atoms with E-state index in [-0.39, 0.29) is 30.7 Å². The van der Waals surface area contributed by atoms with Crippen molar-refractivity contribution in [1.29, 1.82) is 0 Å². The van der Waals surface area contributed by atoms with Gasteiger partial charge in [-0.2, -0.15) is 0 Å². The molecule has 50 heavy (non-hydrogen) atoms. The molecule has 1 N–H and O–H groups in total. The Kier molecular flexibility index (Phi) is 13.1. The highest BCUT2D eigenvalue weighted by molar-refractivity contribution is 7.27. The number of ether oxygens (including phenoxy) is 2. The minimum atomic E-state index is -0.717. The van der Waals surface area contributed by atoms with Gasteiger partial charge in [0.15, 0.2) is 0 Å². The number of nitrogens with one attached hydrogen (secondary N) is 1. The summed E-state index contributed by atoms with van der Waals surface area (Å²) in [4.78, 5) is 27.8. The van der Waals surface area contributed by atoms with Gasteiger partial charge in [-0.15, -0.1) is 9.24 Å². The van der Waals surface area contributed by atoms with E-state index >= 15 is 0 Å². The molecule has 3 atom stereocenters. The zero-order chi connectivity index (χ0) is 35.3. The van der Waals surface area contributed by atoms with Gasteiger partial charge >= 0.3 is 6.09 Å². The van der Waals surface area contributed by atoms with E-state index in [1.54, 1.807) is 24.3 Å². The molecule has 0 saturated carbocycles. The number of anilines is 1. The number of rotatable bonds is 12. The first kappa shape index (κ1) is 36.2. The van der Waals surface area contributed by atoms with Crippen molar-refractivity contribution in [2.24, 2.45) is 5.92 Å². The minimum Gasteiger partial charge on any atom is -0.489 e. The summed E-state index contributed by atoms with van der Waals surface area (Å²) in [5, 5.41) is 4.35. The van der Waals surface area contributed by atoms with Crippen LogP contribution in [-0.2, 0) is 22.6 Å². The van der Waals surface area contributed by atoms with Gasteiger partial charge in [-0.1, -0.05) is 90.5 Å². The lowest BCUT2D eigenvalue weighted by molar-refractivity contribution is -0.132. The molecule has 1 fully saturated rings. The van der Waals surface area contributed by atoms with E-state index in [2.05, 4.69) is 33.6 Å². The summed E-state index contributed by atoms with van der Waals surface area (Å²) in [5.74, 6) is -1.20. The Bertz CT molecular complexity index is 1820. The number of imide groups is 1. The van der Waals surface area contributed by atoms with Gasteiger partial charge in [0.05, 0.1) is 18.5 Å². The fraction of sp³-hybridized carbons (Fsp3) is 0.220. The number of amides is 2. The van der Waals surface area contributed by atoms with Gasteiger partial charge < -0.3 is 14.8 Å². The van der Waals surface area contributed by atoms with E-state index < -0.39 is 18.1 Å². The van der Waals surface area contributed by atoms with Crippen LogP contribution in [0.25, 0.3) is 0 Å². The third kappa shape index (κ3) is 10.5. The summed E-state index contributed by atoms with van der Waals surface area (Å²) < 4.78 is 38.7. The Morgan fingerprint density at radius 3 is 2.10 bits per heavy atom. The highest BCUT2D eigenvalue weighted by Crippen LogP contribution is 2.37. The SMILES string of the molecule is Cc1ccccc1.O=C1OCCN1C(=O)C(CCCc1ccc(F)cc1)C(Nc1ccc(F)cc1)c1ccc(P)cc1OCc1ccccc1. The molecule has 0 aliphatic carbocycles. The summed E-state index contributed by atoms with van der Waals surface area (Å²) in [7, 11) is 2.67. The average molecular weight is 695 g/mol. The molecular weight excluding hydrogens is 653 g/mol. The number of carbonyl (C=O) groups is 2. The minimum absolute atomic E-state index is 0.135. The Morgan fingerprint density at radius 2 is 1.50 bits per heavy atom. The molecule has 0 aromatic heterocycles. The highest BCUT2D eigenvalue weighted by atomic mass is 31.0. The van der Waals surface area contributed by atoms with Crippen LogP contribution >= 0.6 is 9.24 Å². The lowest BCUT2D eigenvalue weighted by atomic mass is 9.86. The second kappa shape index (κ2) is 18.1. The maximum Gasteiger partial charge on any atom is 0.416 e. The van der Waals surface area contributed by atoms with Crippen molar-refractivity contribution in [3.63, 3.8) is 0 Å². The standard InChI is InChI=1S/C34H33F2N2O4P.C7H8/c35-25-11-9-23(10-12-25)7-4-8-30(33(39)38-19-20-41-34(38)40)32(37-27-15-13-26(36)14-16-27)29-18-17-28(43)21-31(29)42-22-24-5-2-1-3-6-24;1-7-5-3-2-4-6-7/h1-3,5-6,9-18,21,30,32,37H,4,7-8,19-20,22,43H2;2-6H,1H3. The average Bonchev–Trinajstić information content (AvgIpc) is 3.57. The molecule has 6 nitrogen and oxygen atoms in total. The first-order valence-corrected chi connectivity index (χ1v) is 17.2. The monoisotopic (exact) mass is 694 g/mol. The molecule has 5 aromatic carbocycles. The molecule has 2 amide bonds. The molecule has 1 aliphatic rings. The van der Waals surface area contributed by atoms with E-state index in [1.807, 2.05) is 66.7 Å². The largest absolute Gasteiger partial charge is 0.489 e. The second-order valence-electron chi connectivity index (χ2n) is 12.1. The number of nitrogens with zero attached hydrogens (tertiary/aromatic N) is 1. The topological polar surface area (TPSA) is 67.9 Å².